The third-order valence-corrected chi connectivity index (χ3v) is 3.55. The second-order valence-electron chi connectivity index (χ2n) is 4.67. The van der Waals surface area contributed by atoms with Crippen molar-refractivity contribution >= 4 is 11.6 Å². The molecular formula is C16H14ClN3O. The molecule has 0 aliphatic carbocycles. The third kappa shape index (κ3) is 2.62. The fraction of sp³-hybridized carbons (Fsp3) is 0.125. The lowest BCUT2D eigenvalue weighted by molar-refractivity contribution is 0.398. The number of aromatic amines is 1. The van der Waals surface area contributed by atoms with Crippen molar-refractivity contribution in [3.8, 4) is 28.3 Å². The maximum atomic E-state index is 5.96. The molecule has 1 N–H and O–H groups in total. The summed E-state index contributed by atoms with van der Waals surface area (Å²) in [6.45, 7) is 2.00. The predicted molar refractivity (Wildman–Crippen MR) is 83.6 cm³/mol. The minimum atomic E-state index is 0.565. The number of nitrogens with zero attached hydrogens (tertiary/aromatic N) is 2. The Labute approximate surface area is 127 Å². The molecule has 0 saturated heterocycles. The Balaban J connectivity index is 2.14. The van der Waals surface area contributed by atoms with Gasteiger partial charge in [0.05, 0.1) is 7.11 Å². The van der Waals surface area contributed by atoms with Crippen LogP contribution in [0.5, 0.6) is 5.88 Å². The lowest BCUT2D eigenvalue weighted by Crippen LogP contribution is -1.89. The zero-order chi connectivity index (χ0) is 14.8. The Morgan fingerprint density at radius 2 is 1.86 bits per heavy atom. The van der Waals surface area contributed by atoms with Crippen molar-refractivity contribution in [3.63, 3.8) is 0 Å². The molecular weight excluding hydrogens is 286 g/mol. The van der Waals surface area contributed by atoms with Gasteiger partial charge in [0.2, 0.25) is 5.88 Å². The van der Waals surface area contributed by atoms with E-state index in [1.807, 2.05) is 43.3 Å². The molecule has 0 unspecified atom stereocenters. The van der Waals surface area contributed by atoms with Crippen LogP contribution in [-0.2, 0) is 0 Å². The van der Waals surface area contributed by atoms with Gasteiger partial charge in [0.1, 0.15) is 5.69 Å². The van der Waals surface area contributed by atoms with Crippen LogP contribution in [0.2, 0.25) is 5.02 Å². The minimum Gasteiger partial charge on any atom is -0.481 e. The van der Waals surface area contributed by atoms with Crippen molar-refractivity contribution in [2.45, 2.75) is 6.92 Å². The first kappa shape index (κ1) is 13.6. The largest absolute Gasteiger partial charge is 0.481 e. The normalized spacial score (nSPS) is 10.6. The molecule has 0 amide bonds. The van der Waals surface area contributed by atoms with Crippen LogP contribution in [0.15, 0.2) is 42.6 Å². The molecule has 21 heavy (non-hydrogen) atoms. The Kier molecular flexibility index (Phi) is 3.62. The number of ether oxygens (including phenoxy) is 1. The zero-order valence-corrected chi connectivity index (χ0v) is 12.5. The summed E-state index contributed by atoms with van der Waals surface area (Å²) in [4.78, 5) is 4.13. The fourth-order valence-electron chi connectivity index (χ4n) is 2.28. The van der Waals surface area contributed by atoms with Gasteiger partial charge < -0.3 is 4.74 Å². The maximum absolute atomic E-state index is 5.96. The van der Waals surface area contributed by atoms with Crippen molar-refractivity contribution < 1.29 is 4.74 Å². The predicted octanol–water partition coefficient (Wildman–Crippen LogP) is 4.11. The topological polar surface area (TPSA) is 50.8 Å². The van der Waals surface area contributed by atoms with E-state index in [2.05, 4.69) is 15.2 Å². The van der Waals surface area contributed by atoms with E-state index in [0.29, 0.717) is 10.9 Å². The van der Waals surface area contributed by atoms with Crippen molar-refractivity contribution in [1.82, 2.24) is 15.2 Å². The molecule has 106 valence electrons. The minimum absolute atomic E-state index is 0.565. The summed E-state index contributed by atoms with van der Waals surface area (Å²) in [5.41, 5.74) is 4.95. The summed E-state index contributed by atoms with van der Waals surface area (Å²) in [5, 5.41) is 8.18. The summed E-state index contributed by atoms with van der Waals surface area (Å²) < 4.78 is 5.18. The molecule has 0 fully saturated rings. The highest BCUT2D eigenvalue weighted by Gasteiger charge is 2.15. The Morgan fingerprint density at radius 1 is 1.10 bits per heavy atom. The molecule has 0 bridgehead atoms. The zero-order valence-electron chi connectivity index (χ0n) is 11.7. The number of methoxy groups -OCH3 is 1. The number of pyridine rings is 1. The second-order valence-corrected chi connectivity index (χ2v) is 5.10. The average molecular weight is 300 g/mol. The molecule has 2 aromatic heterocycles. The fourth-order valence-corrected chi connectivity index (χ4v) is 2.40. The first-order chi connectivity index (χ1) is 10.2. The Morgan fingerprint density at radius 3 is 2.57 bits per heavy atom. The van der Waals surface area contributed by atoms with Gasteiger partial charge in [-0.25, -0.2) is 4.98 Å². The van der Waals surface area contributed by atoms with Gasteiger partial charge >= 0.3 is 0 Å². The van der Waals surface area contributed by atoms with Crippen LogP contribution in [0.3, 0.4) is 0 Å². The van der Waals surface area contributed by atoms with E-state index in [1.54, 1.807) is 13.3 Å². The first-order valence-corrected chi connectivity index (χ1v) is 6.88. The molecule has 2 heterocycles. The van der Waals surface area contributed by atoms with E-state index in [4.69, 9.17) is 16.3 Å². The molecule has 3 aromatic rings. The maximum Gasteiger partial charge on any atom is 0.213 e. The molecule has 0 radical (unpaired) electrons. The van der Waals surface area contributed by atoms with Gasteiger partial charge in [-0.3, -0.25) is 5.10 Å². The van der Waals surface area contributed by atoms with E-state index in [9.17, 15) is 0 Å². The SMILES string of the molecule is COc1cc(-c2n[nH]c(C)c2-c2ccc(Cl)cc2)ccn1. The second kappa shape index (κ2) is 5.58. The molecule has 0 aliphatic rings. The number of H-pyrrole nitrogens is 1. The molecule has 0 spiro atoms. The van der Waals surface area contributed by atoms with Gasteiger partial charge in [-0.05, 0) is 30.7 Å². The molecule has 5 heteroatoms. The highest BCUT2D eigenvalue weighted by atomic mass is 35.5. The van der Waals surface area contributed by atoms with Gasteiger partial charge in [-0.1, -0.05) is 23.7 Å². The summed E-state index contributed by atoms with van der Waals surface area (Å²) in [6, 6.07) is 11.5. The van der Waals surface area contributed by atoms with E-state index in [0.717, 1.165) is 28.1 Å². The van der Waals surface area contributed by atoms with E-state index in [1.165, 1.54) is 0 Å². The molecule has 0 saturated carbocycles. The Bertz CT molecular complexity index is 765. The average Bonchev–Trinajstić information content (AvgIpc) is 2.90. The van der Waals surface area contributed by atoms with Gasteiger partial charge in [0.15, 0.2) is 0 Å². The number of benzene rings is 1. The van der Waals surface area contributed by atoms with Crippen molar-refractivity contribution in [2.75, 3.05) is 7.11 Å². The Hall–Kier alpha value is -2.33. The molecule has 0 atom stereocenters. The smallest absolute Gasteiger partial charge is 0.213 e. The highest BCUT2D eigenvalue weighted by molar-refractivity contribution is 6.30. The molecule has 0 aliphatic heterocycles. The highest BCUT2D eigenvalue weighted by Crippen LogP contribution is 2.34. The number of hydrogen-bond acceptors (Lipinski definition) is 3. The van der Waals surface area contributed by atoms with Crippen molar-refractivity contribution in [2.24, 2.45) is 0 Å². The summed E-state index contributed by atoms with van der Waals surface area (Å²) in [6.07, 6.45) is 1.71. The number of nitrogens with one attached hydrogen (secondary N) is 1. The monoisotopic (exact) mass is 299 g/mol. The summed E-state index contributed by atoms with van der Waals surface area (Å²) >= 11 is 5.96. The van der Waals surface area contributed by atoms with Crippen LogP contribution >= 0.6 is 11.6 Å². The van der Waals surface area contributed by atoms with E-state index < -0.39 is 0 Å². The third-order valence-electron chi connectivity index (χ3n) is 3.30. The van der Waals surface area contributed by atoms with Gasteiger partial charge in [-0.2, -0.15) is 5.10 Å². The van der Waals surface area contributed by atoms with Crippen LogP contribution in [0, 0.1) is 6.92 Å². The standard InChI is InChI=1S/C16H14ClN3O/c1-10-15(11-3-5-13(17)6-4-11)16(20-19-10)12-7-8-18-14(9-12)21-2/h3-9H,1-2H3,(H,19,20). The quantitative estimate of drug-likeness (QED) is 0.792. The molecule has 4 nitrogen and oxygen atoms in total. The lowest BCUT2D eigenvalue weighted by atomic mass is 10.00. The lowest BCUT2D eigenvalue weighted by Gasteiger charge is -2.06. The van der Waals surface area contributed by atoms with Crippen LogP contribution in [0.4, 0.5) is 0 Å². The summed E-state index contributed by atoms with van der Waals surface area (Å²) in [5.74, 6) is 0.565. The first-order valence-electron chi connectivity index (χ1n) is 6.50. The number of rotatable bonds is 3. The van der Waals surface area contributed by atoms with Crippen LogP contribution in [0.1, 0.15) is 5.69 Å². The van der Waals surface area contributed by atoms with Crippen molar-refractivity contribution in [1.29, 1.82) is 0 Å². The van der Waals surface area contributed by atoms with Gasteiger partial charge in [-0.15, -0.1) is 0 Å². The van der Waals surface area contributed by atoms with Crippen LogP contribution in [-0.4, -0.2) is 22.3 Å². The van der Waals surface area contributed by atoms with E-state index >= 15 is 0 Å². The molecule has 3 rings (SSSR count). The number of aromatic nitrogens is 3. The number of aryl methyl sites for hydroxylation is 1. The van der Waals surface area contributed by atoms with Crippen molar-refractivity contribution in [3.05, 3.63) is 53.3 Å². The number of hydrogen-bond donors (Lipinski definition) is 1. The summed E-state index contributed by atoms with van der Waals surface area (Å²) in [7, 11) is 1.60. The van der Waals surface area contributed by atoms with Gasteiger partial charge in [0.25, 0.3) is 0 Å². The van der Waals surface area contributed by atoms with Crippen LogP contribution < -0.4 is 4.74 Å². The van der Waals surface area contributed by atoms with Gasteiger partial charge in [0, 0.05) is 34.1 Å². The number of halogens is 1. The molecule has 1 aromatic carbocycles. The van der Waals surface area contributed by atoms with Crippen LogP contribution in [0.25, 0.3) is 22.4 Å². The van der Waals surface area contributed by atoms with E-state index in [-0.39, 0.29) is 0 Å².